The molecule has 0 spiro atoms. The van der Waals surface area contributed by atoms with Gasteiger partial charge in [-0.05, 0) is 31.5 Å². The van der Waals surface area contributed by atoms with Crippen molar-refractivity contribution in [3.63, 3.8) is 0 Å². The summed E-state index contributed by atoms with van der Waals surface area (Å²) in [5.74, 6) is 0.610. The highest BCUT2D eigenvalue weighted by atomic mass is 19.1. The predicted octanol–water partition coefficient (Wildman–Crippen LogP) is 2.59. The maximum atomic E-state index is 13.0. The molecule has 0 aliphatic heterocycles. The molecule has 2 N–H and O–H groups in total. The predicted molar refractivity (Wildman–Crippen MR) is 62.6 cm³/mol. The van der Waals surface area contributed by atoms with E-state index in [0.29, 0.717) is 12.6 Å². The van der Waals surface area contributed by atoms with Gasteiger partial charge in [-0.3, -0.25) is 0 Å². The monoisotopic (exact) mass is 221 g/mol. The van der Waals surface area contributed by atoms with Gasteiger partial charge in [-0.15, -0.1) is 0 Å². The quantitative estimate of drug-likeness (QED) is 0.833. The van der Waals surface area contributed by atoms with Gasteiger partial charge in [0.2, 0.25) is 0 Å². The van der Waals surface area contributed by atoms with Crippen molar-refractivity contribution < 1.29 is 4.39 Å². The Morgan fingerprint density at radius 2 is 2.31 bits per heavy atom. The van der Waals surface area contributed by atoms with Crippen LogP contribution in [-0.2, 0) is 6.54 Å². The van der Waals surface area contributed by atoms with Crippen molar-refractivity contribution in [3.8, 4) is 0 Å². The van der Waals surface area contributed by atoms with Gasteiger partial charge in [0.25, 0.3) is 0 Å². The lowest BCUT2D eigenvalue weighted by Crippen LogP contribution is -2.24. The summed E-state index contributed by atoms with van der Waals surface area (Å²) in [5, 5.41) is 3.34. The van der Waals surface area contributed by atoms with Crippen molar-refractivity contribution in [3.05, 3.63) is 29.8 Å². The maximum absolute atomic E-state index is 13.0. The number of aromatic amines is 1. The van der Waals surface area contributed by atoms with Crippen molar-refractivity contribution in [1.29, 1.82) is 0 Å². The molecule has 3 nitrogen and oxygen atoms in total. The van der Waals surface area contributed by atoms with E-state index in [1.807, 2.05) is 0 Å². The van der Waals surface area contributed by atoms with Crippen LogP contribution in [0.3, 0.4) is 0 Å². The first kappa shape index (κ1) is 11.1. The second-order valence-electron chi connectivity index (χ2n) is 4.04. The van der Waals surface area contributed by atoms with Crippen LogP contribution in [0.25, 0.3) is 11.0 Å². The van der Waals surface area contributed by atoms with Gasteiger partial charge in [-0.2, -0.15) is 0 Å². The molecule has 0 saturated heterocycles. The molecule has 0 radical (unpaired) electrons. The minimum Gasteiger partial charge on any atom is -0.341 e. The van der Waals surface area contributed by atoms with Gasteiger partial charge < -0.3 is 10.3 Å². The van der Waals surface area contributed by atoms with Crippen LogP contribution in [0.4, 0.5) is 4.39 Å². The molecule has 0 aliphatic rings. The normalized spacial score (nSPS) is 13.2. The molecular weight excluding hydrogens is 205 g/mol. The Labute approximate surface area is 94.1 Å². The van der Waals surface area contributed by atoms with E-state index >= 15 is 0 Å². The lowest BCUT2D eigenvalue weighted by Gasteiger charge is -2.08. The van der Waals surface area contributed by atoms with E-state index in [2.05, 4.69) is 29.1 Å². The molecule has 0 aliphatic carbocycles. The highest BCUT2D eigenvalue weighted by Crippen LogP contribution is 2.12. The van der Waals surface area contributed by atoms with Gasteiger partial charge in [-0.1, -0.05) is 6.92 Å². The Morgan fingerprint density at radius 3 is 3.06 bits per heavy atom. The van der Waals surface area contributed by atoms with E-state index in [-0.39, 0.29) is 5.82 Å². The van der Waals surface area contributed by atoms with Crippen LogP contribution in [0.1, 0.15) is 26.1 Å². The molecule has 16 heavy (non-hydrogen) atoms. The fourth-order valence-corrected chi connectivity index (χ4v) is 1.53. The van der Waals surface area contributed by atoms with Crippen LogP contribution in [0, 0.1) is 5.82 Å². The Morgan fingerprint density at radius 1 is 1.50 bits per heavy atom. The van der Waals surface area contributed by atoms with E-state index in [4.69, 9.17) is 0 Å². The fourth-order valence-electron chi connectivity index (χ4n) is 1.53. The molecule has 2 aromatic rings. The van der Waals surface area contributed by atoms with Crippen molar-refractivity contribution in [2.24, 2.45) is 0 Å². The summed E-state index contributed by atoms with van der Waals surface area (Å²) in [7, 11) is 0. The Bertz CT molecular complexity index is 478. The third-order valence-corrected chi connectivity index (χ3v) is 2.72. The molecule has 1 unspecified atom stereocenters. The van der Waals surface area contributed by atoms with Crippen LogP contribution in [0.5, 0.6) is 0 Å². The molecule has 1 atom stereocenters. The van der Waals surface area contributed by atoms with Crippen molar-refractivity contribution >= 4 is 11.0 Å². The van der Waals surface area contributed by atoms with Gasteiger partial charge in [-0.25, -0.2) is 9.37 Å². The molecule has 1 heterocycles. The summed E-state index contributed by atoms with van der Waals surface area (Å²) in [6, 6.07) is 5.04. The van der Waals surface area contributed by atoms with E-state index in [1.54, 1.807) is 6.07 Å². The fraction of sp³-hybridized carbons (Fsp3) is 0.417. The number of nitrogens with zero attached hydrogens (tertiary/aromatic N) is 1. The molecular formula is C12H16FN3. The van der Waals surface area contributed by atoms with Crippen molar-refractivity contribution in [1.82, 2.24) is 15.3 Å². The first-order valence-electron chi connectivity index (χ1n) is 5.56. The minimum atomic E-state index is -0.238. The number of H-pyrrole nitrogens is 1. The topological polar surface area (TPSA) is 40.7 Å². The number of fused-ring (bicyclic) bond motifs is 1. The maximum Gasteiger partial charge on any atom is 0.125 e. The molecule has 1 aromatic heterocycles. The lowest BCUT2D eigenvalue weighted by molar-refractivity contribution is 0.525. The number of benzene rings is 1. The zero-order valence-corrected chi connectivity index (χ0v) is 9.55. The first-order valence-corrected chi connectivity index (χ1v) is 5.56. The first-order chi connectivity index (χ1) is 7.69. The van der Waals surface area contributed by atoms with Crippen LogP contribution >= 0.6 is 0 Å². The van der Waals surface area contributed by atoms with Crippen LogP contribution in [-0.4, -0.2) is 16.0 Å². The number of imidazole rings is 1. The molecule has 4 heteroatoms. The average molecular weight is 221 g/mol. The molecule has 0 bridgehead atoms. The molecule has 0 saturated carbocycles. The molecule has 0 amide bonds. The highest BCUT2D eigenvalue weighted by Gasteiger charge is 2.04. The SMILES string of the molecule is CCC(C)NCc1nc2ccc(F)cc2[nH]1. The van der Waals surface area contributed by atoms with Gasteiger partial charge in [0.05, 0.1) is 17.6 Å². The number of nitrogens with one attached hydrogen (secondary N) is 2. The summed E-state index contributed by atoms with van der Waals surface area (Å²) >= 11 is 0. The Balaban J connectivity index is 2.13. The van der Waals surface area contributed by atoms with E-state index in [1.165, 1.54) is 12.1 Å². The van der Waals surface area contributed by atoms with Crippen molar-refractivity contribution in [2.45, 2.75) is 32.9 Å². The molecule has 2 rings (SSSR count). The van der Waals surface area contributed by atoms with E-state index in [0.717, 1.165) is 23.3 Å². The van der Waals surface area contributed by atoms with E-state index in [9.17, 15) is 4.39 Å². The number of rotatable bonds is 4. The number of aromatic nitrogens is 2. The van der Waals surface area contributed by atoms with Crippen LogP contribution in [0.15, 0.2) is 18.2 Å². The molecule has 0 fully saturated rings. The summed E-state index contributed by atoms with van der Waals surface area (Å²) in [6.07, 6.45) is 1.08. The number of halogens is 1. The number of hydrogen-bond acceptors (Lipinski definition) is 2. The van der Waals surface area contributed by atoms with Crippen molar-refractivity contribution in [2.75, 3.05) is 0 Å². The Hall–Kier alpha value is -1.42. The van der Waals surface area contributed by atoms with Gasteiger partial charge in [0.15, 0.2) is 0 Å². The van der Waals surface area contributed by atoms with Gasteiger partial charge in [0.1, 0.15) is 11.6 Å². The standard InChI is InChI=1S/C12H16FN3/c1-3-8(2)14-7-12-15-10-5-4-9(13)6-11(10)16-12/h4-6,8,14H,3,7H2,1-2H3,(H,15,16). The molecule has 86 valence electrons. The average Bonchev–Trinajstić information content (AvgIpc) is 2.67. The summed E-state index contributed by atoms with van der Waals surface area (Å²) in [5.41, 5.74) is 1.56. The molecule has 1 aromatic carbocycles. The van der Waals surface area contributed by atoms with Crippen LogP contribution < -0.4 is 5.32 Å². The largest absolute Gasteiger partial charge is 0.341 e. The Kier molecular flexibility index (Phi) is 3.19. The summed E-state index contributed by atoms with van der Waals surface area (Å²) in [6.45, 7) is 4.94. The lowest BCUT2D eigenvalue weighted by atomic mass is 10.2. The summed E-state index contributed by atoms with van der Waals surface area (Å²) < 4.78 is 13.0. The van der Waals surface area contributed by atoms with Crippen LogP contribution in [0.2, 0.25) is 0 Å². The van der Waals surface area contributed by atoms with Gasteiger partial charge in [0, 0.05) is 6.04 Å². The second-order valence-corrected chi connectivity index (χ2v) is 4.04. The summed E-state index contributed by atoms with van der Waals surface area (Å²) in [4.78, 5) is 7.48. The smallest absolute Gasteiger partial charge is 0.125 e. The zero-order valence-electron chi connectivity index (χ0n) is 9.55. The minimum absolute atomic E-state index is 0.238. The zero-order chi connectivity index (χ0) is 11.5. The number of hydrogen-bond donors (Lipinski definition) is 2. The van der Waals surface area contributed by atoms with Gasteiger partial charge >= 0.3 is 0 Å². The van der Waals surface area contributed by atoms with E-state index < -0.39 is 0 Å². The second kappa shape index (κ2) is 4.61. The third kappa shape index (κ3) is 2.39. The third-order valence-electron chi connectivity index (χ3n) is 2.72. The highest BCUT2D eigenvalue weighted by molar-refractivity contribution is 5.74.